The van der Waals surface area contributed by atoms with Gasteiger partial charge in [0.15, 0.2) is 0 Å². The second-order valence-electron chi connectivity index (χ2n) is 5.62. The number of halogens is 1. The van der Waals surface area contributed by atoms with Crippen molar-refractivity contribution in [2.24, 2.45) is 23.5 Å². The molecule has 110 valence electrons. The van der Waals surface area contributed by atoms with E-state index >= 15 is 0 Å². The van der Waals surface area contributed by atoms with E-state index in [2.05, 4.69) is 5.32 Å². The monoisotopic (exact) mass is 289 g/mol. The van der Waals surface area contributed by atoms with Gasteiger partial charge in [0.2, 0.25) is 11.8 Å². The van der Waals surface area contributed by atoms with Crippen molar-refractivity contribution >= 4 is 24.2 Å². The van der Waals surface area contributed by atoms with E-state index < -0.39 is 0 Å². The van der Waals surface area contributed by atoms with Crippen LogP contribution in [0.4, 0.5) is 0 Å². The third-order valence-electron chi connectivity index (χ3n) is 4.60. The third kappa shape index (κ3) is 3.20. The first-order valence-corrected chi connectivity index (χ1v) is 6.75. The molecule has 0 aliphatic heterocycles. The maximum atomic E-state index is 12.4. The fraction of sp³-hybridized carbons (Fsp3) is 0.846. The number of amides is 2. The molecule has 2 aliphatic carbocycles. The van der Waals surface area contributed by atoms with Crippen LogP contribution in [0.1, 0.15) is 25.7 Å². The van der Waals surface area contributed by atoms with Crippen molar-refractivity contribution in [3.8, 4) is 0 Å². The molecule has 0 heterocycles. The number of nitrogens with one attached hydrogen (secondary N) is 1. The van der Waals surface area contributed by atoms with E-state index in [1.165, 1.54) is 6.42 Å². The summed E-state index contributed by atoms with van der Waals surface area (Å²) < 4.78 is 0. The summed E-state index contributed by atoms with van der Waals surface area (Å²) in [5.74, 6) is 1.08. The first-order valence-electron chi connectivity index (χ1n) is 6.75. The Morgan fingerprint density at radius 2 is 1.95 bits per heavy atom. The molecule has 0 spiro atoms. The Labute approximate surface area is 120 Å². The van der Waals surface area contributed by atoms with E-state index in [4.69, 9.17) is 5.73 Å². The molecule has 19 heavy (non-hydrogen) atoms. The Bertz CT molecular complexity index is 349. The number of carbonyl (C=O) groups excluding carboxylic acids is 2. The third-order valence-corrected chi connectivity index (χ3v) is 4.60. The Hall–Kier alpha value is -0.810. The second kappa shape index (κ2) is 6.57. The van der Waals surface area contributed by atoms with Crippen LogP contribution >= 0.6 is 12.4 Å². The molecule has 2 rings (SSSR count). The lowest BCUT2D eigenvalue weighted by Gasteiger charge is -2.30. The van der Waals surface area contributed by atoms with Crippen LogP contribution in [0.2, 0.25) is 0 Å². The zero-order valence-corrected chi connectivity index (χ0v) is 12.4. The minimum Gasteiger partial charge on any atom is -0.359 e. The number of carbonyl (C=O) groups is 2. The predicted molar refractivity (Wildman–Crippen MR) is 75.9 cm³/mol. The average molecular weight is 290 g/mol. The highest BCUT2D eigenvalue weighted by Crippen LogP contribution is 2.48. The predicted octanol–water partition coefficient (Wildman–Crippen LogP) is 0.376. The van der Waals surface area contributed by atoms with Crippen molar-refractivity contribution in [1.82, 2.24) is 10.2 Å². The molecule has 2 aliphatic rings. The Kier molecular flexibility index (Phi) is 5.62. The summed E-state index contributed by atoms with van der Waals surface area (Å²) >= 11 is 0. The van der Waals surface area contributed by atoms with Gasteiger partial charge in [0.05, 0.1) is 5.92 Å². The lowest BCUT2D eigenvalue weighted by atomic mass is 9.84. The van der Waals surface area contributed by atoms with Gasteiger partial charge >= 0.3 is 0 Å². The molecule has 6 heteroatoms. The maximum absolute atomic E-state index is 12.4. The molecule has 4 unspecified atom stereocenters. The molecule has 2 bridgehead atoms. The summed E-state index contributed by atoms with van der Waals surface area (Å²) in [6.07, 6.45) is 3.78. The largest absolute Gasteiger partial charge is 0.359 e. The molecule has 4 atom stereocenters. The minimum absolute atomic E-state index is 0. The van der Waals surface area contributed by atoms with Crippen LogP contribution in [0.15, 0.2) is 0 Å². The van der Waals surface area contributed by atoms with Gasteiger partial charge in [-0.15, -0.1) is 12.4 Å². The summed E-state index contributed by atoms with van der Waals surface area (Å²) in [6, 6.07) is 0.0266. The van der Waals surface area contributed by atoms with E-state index in [0.717, 1.165) is 12.8 Å². The quantitative estimate of drug-likeness (QED) is 0.785. The number of hydrogen-bond acceptors (Lipinski definition) is 3. The van der Waals surface area contributed by atoms with Gasteiger partial charge in [-0.3, -0.25) is 9.59 Å². The fourth-order valence-electron chi connectivity index (χ4n) is 3.46. The van der Waals surface area contributed by atoms with Crippen molar-refractivity contribution in [1.29, 1.82) is 0 Å². The van der Waals surface area contributed by atoms with Gasteiger partial charge < -0.3 is 16.0 Å². The fourth-order valence-corrected chi connectivity index (χ4v) is 3.46. The van der Waals surface area contributed by atoms with E-state index in [9.17, 15) is 9.59 Å². The minimum atomic E-state index is -0.0353. The summed E-state index contributed by atoms with van der Waals surface area (Å²) in [7, 11) is 3.37. The summed E-state index contributed by atoms with van der Waals surface area (Å²) in [6.45, 7) is 0.471. The zero-order valence-electron chi connectivity index (χ0n) is 11.6. The van der Waals surface area contributed by atoms with E-state index in [1.807, 2.05) is 0 Å². The zero-order chi connectivity index (χ0) is 13.3. The molecule has 0 radical (unpaired) electrons. The van der Waals surface area contributed by atoms with Crippen LogP contribution in [-0.4, -0.2) is 43.4 Å². The second-order valence-corrected chi connectivity index (χ2v) is 5.62. The Morgan fingerprint density at radius 1 is 1.32 bits per heavy atom. The molecule has 0 aromatic heterocycles. The van der Waals surface area contributed by atoms with Crippen molar-refractivity contribution < 1.29 is 9.59 Å². The van der Waals surface area contributed by atoms with Crippen molar-refractivity contribution in [2.45, 2.75) is 31.7 Å². The first-order chi connectivity index (χ1) is 8.54. The molecule has 0 saturated heterocycles. The number of rotatable bonds is 4. The summed E-state index contributed by atoms with van der Waals surface area (Å²) in [5.41, 5.74) is 6.16. The normalized spacial score (nSPS) is 31.7. The molecule has 0 aromatic rings. The van der Waals surface area contributed by atoms with Crippen molar-refractivity contribution in [3.63, 3.8) is 0 Å². The molecule has 2 amide bonds. The van der Waals surface area contributed by atoms with Gasteiger partial charge in [-0.05, 0) is 31.1 Å². The van der Waals surface area contributed by atoms with Gasteiger partial charge in [-0.1, -0.05) is 0 Å². The molecule has 2 fully saturated rings. The lowest BCUT2D eigenvalue weighted by Crippen LogP contribution is -2.46. The highest BCUT2D eigenvalue weighted by Gasteiger charge is 2.49. The van der Waals surface area contributed by atoms with Crippen molar-refractivity contribution in [2.75, 3.05) is 20.6 Å². The summed E-state index contributed by atoms with van der Waals surface area (Å²) in [4.78, 5) is 25.2. The SMILES string of the molecule is CNC(=O)CCN(C)C(=O)C1C2CCC(C2)C1N.Cl. The maximum Gasteiger partial charge on any atom is 0.227 e. The smallest absolute Gasteiger partial charge is 0.227 e. The van der Waals surface area contributed by atoms with Crippen LogP contribution in [0.5, 0.6) is 0 Å². The van der Waals surface area contributed by atoms with E-state index in [1.54, 1.807) is 19.0 Å². The molecular weight excluding hydrogens is 266 g/mol. The lowest BCUT2D eigenvalue weighted by molar-refractivity contribution is -0.136. The Morgan fingerprint density at radius 3 is 2.47 bits per heavy atom. The standard InChI is InChI=1S/C13H23N3O2.ClH/c1-15-10(17)5-6-16(2)13(18)11-8-3-4-9(7-8)12(11)14;/h8-9,11-12H,3-7,14H2,1-2H3,(H,15,17);1H. The van der Waals surface area contributed by atoms with Gasteiger partial charge in [-0.2, -0.15) is 0 Å². The number of fused-ring (bicyclic) bond motifs is 2. The van der Waals surface area contributed by atoms with Gasteiger partial charge in [0.1, 0.15) is 0 Å². The van der Waals surface area contributed by atoms with Crippen LogP contribution in [0.25, 0.3) is 0 Å². The number of hydrogen-bond donors (Lipinski definition) is 2. The van der Waals surface area contributed by atoms with Crippen molar-refractivity contribution in [3.05, 3.63) is 0 Å². The van der Waals surface area contributed by atoms with Crippen LogP contribution in [0.3, 0.4) is 0 Å². The van der Waals surface area contributed by atoms with E-state index in [0.29, 0.717) is 24.8 Å². The topological polar surface area (TPSA) is 75.4 Å². The van der Waals surface area contributed by atoms with Gasteiger partial charge in [0.25, 0.3) is 0 Å². The highest BCUT2D eigenvalue weighted by atomic mass is 35.5. The van der Waals surface area contributed by atoms with Crippen LogP contribution < -0.4 is 11.1 Å². The van der Waals surface area contributed by atoms with E-state index in [-0.39, 0.29) is 36.2 Å². The van der Waals surface area contributed by atoms with Gasteiger partial charge in [0, 0.05) is 33.1 Å². The number of nitrogens with two attached hydrogens (primary N) is 1. The molecule has 0 aromatic carbocycles. The highest BCUT2D eigenvalue weighted by molar-refractivity contribution is 5.85. The molecule has 2 saturated carbocycles. The summed E-state index contributed by atoms with van der Waals surface area (Å²) in [5, 5.41) is 2.56. The van der Waals surface area contributed by atoms with Gasteiger partial charge in [-0.25, -0.2) is 0 Å². The Balaban J connectivity index is 0.00000180. The average Bonchev–Trinajstić information content (AvgIpc) is 2.95. The van der Waals surface area contributed by atoms with Crippen LogP contribution in [0, 0.1) is 17.8 Å². The number of nitrogens with zero attached hydrogens (tertiary/aromatic N) is 1. The first kappa shape index (κ1) is 16.2. The van der Waals surface area contributed by atoms with Crippen LogP contribution in [-0.2, 0) is 9.59 Å². The molecular formula is C13H24ClN3O2. The molecule has 5 nitrogen and oxygen atoms in total. The molecule has 3 N–H and O–H groups in total.